The minimum atomic E-state index is -1.47. The number of hydrogen-bond acceptors (Lipinski definition) is 7. The van der Waals surface area contributed by atoms with Crippen LogP contribution < -0.4 is 0 Å². The summed E-state index contributed by atoms with van der Waals surface area (Å²) in [5.41, 5.74) is 0. The fourth-order valence-corrected chi connectivity index (χ4v) is 5.09. The van der Waals surface area contributed by atoms with Crippen LogP contribution in [-0.4, -0.2) is 65.7 Å². The number of ether oxygens (including phenoxy) is 3. The third kappa shape index (κ3) is 18.5. The van der Waals surface area contributed by atoms with Crippen LogP contribution in [0.1, 0.15) is 148 Å². The first-order valence-electron chi connectivity index (χ1n) is 16.0. The monoisotopic (exact) mass is 544 g/mol. The van der Waals surface area contributed by atoms with E-state index in [2.05, 4.69) is 6.92 Å². The van der Waals surface area contributed by atoms with Crippen molar-refractivity contribution in [2.45, 2.75) is 173 Å². The molecule has 3 atom stereocenters. The highest BCUT2D eigenvalue weighted by Gasteiger charge is 2.39. The van der Waals surface area contributed by atoms with E-state index in [9.17, 15) is 15.0 Å². The quantitative estimate of drug-likeness (QED) is 0.0791. The number of aliphatic hydroxyl groups excluding tert-OH is 3. The molecule has 0 radical (unpaired) electrons. The molecule has 1 aliphatic rings. The molecule has 1 heterocycles. The lowest BCUT2D eigenvalue weighted by molar-refractivity contribution is -0.204. The Morgan fingerprint density at radius 1 is 0.684 bits per heavy atom. The van der Waals surface area contributed by atoms with E-state index < -0.39 is 37.2 Å². The van der Waals surface area contributed by atoms with Gasteiger partial charge in [-0.2, -0.15) is 0 Å². The predicted molar refractivity (Wildman–Crippen MR) is 152 cm³/mol. The van der Waals surface area contributed by atoms with Gasteiger partial charge in [0.1, 0.15) is 12.2 Å². The Bertz CT molecular complexity index is 524. The lowest BCUT2D eigenvalue weighted by Crippen LogP contribution is -2.48. The van der Waals surface area contributed by atoms with Crippen molar-refractivity contribution < 1.29 is 34.3 Å². The van der Waals surface area contributed by atoms with E-state index in [1.54, 1.807) is 0 Å². The van der Waals surface area contributed by atoms with E-state index in [-0.39, 0.29) is 6.42 Å². The summed E-state index contributed by atoms with van der Waals surface area (Å²) in [4.78, 5) is 12.2. The Morgan fingerprint density at radius 2 is 1.05 bits per heavy atom. The number of hydrogen-bond donors (Lipinski definition) is 3. The zero-order valence-electron chi connectivity index (χ0n) is 24.5. The Kier molecular flexibility index (Phi) is 23.5. The number of rotatable bonds is 27. The van der Waals surface area contributed by atoms with E-state index >= 15 is 0 Å². The second kappa shape index (κ2) is 25.3. The van der Waals surface area contributed by atoms with Crippen molar-refractivity contribution in [3.63, 3.8) is 0 Å². The topological polar surface area (TPSA) is 105 Å². The molecule has 0 aliphatic carbocycles. The van der Waals surface area contributed by atoms with Crippen molar-refractivity contribution in [3.05, 3.63) is 0 Å². The molecule has 7 nitrogen and oxygen atoms in total. The van der Waals surface area contributed by atoms with Gasteiger partial charge >= 0.3 is 5.97 Å². The maximum absolute atomic E-state index is 12.2. The second-order valence-electron chi connectivity index (χ2n) is 11.1. The molecule has 1 fully saturated rings. The normalized spacial score (nSPS) is 16.5. The van der Waals surface area contributed by atoms with Crippen LogP contribution in [0, 0.1) is 0 Å². The molecule has 0 unspecified atom stereocenters. The van der Waals surface area contributed by atoms with Gasteiger partial charge in [0.2, 0.25) is 0 Å². The smallest absolute Gasteiger partial charge is 0.306 e. The summed E-state index contributed by atoms with van der Waals surface area (Å²) in [6.07, 6.45) is 22.9. The molecule has 0 bridgehead atoms. The van der Waals surface area contributed by atoms with Crippen molar-refractivity contribution in [1.82, 2.24) is 0 Å². The SMILES string of the molecule is CCCCCCCCCCCCCCCCCCCCCCCC(=O)O[C@@H](C1OCCO1)[C@@H](O)[C@H](O)CO. The highest BCUT2D eigenvalue weighted by molar-refractivity contribution is 5.69. The fourth-order valence-electron chi connectivity index (χ4n) is 5.09. The average molecular weight is 545 g/mol. The highest BCUT2D eigenvalue weighted by Crippen LogP contribution is 2.19. The largest absolute Gasteiger partial charge is 0.454 e. The van der Waals surface area contributed by atoms with Crippen molar-refractivity contribution >= 4 is 5.97 Å². The van der Waals surface area contributed by atoms with Crippen LogP contribution in [-0.2, 0) is 19.0 Å². The lowest BCUT2D eigenvalue weighted by atomic mass is 10.0. The van der Waals surface area contributed by atoms with Crippen molar-refractivity contribution in [1.29, 1.82) is 0 Å². The summed E-state index contributed by atoms with van der Waals surface area (Å²) in [6.45, 7) is 2.31. The van der Waals surface area contributed by atoms with Gasteiger partial charge in [-0.1, -0.05) is 135 Å². The molecular weight excluding hydrogens is 484 g/mol. The third-order valence-electron chi connectivity index (χ3n) is 7.59. The van der Waals surface area contributed by atoms with E-state index in [1.807, 2.05) is 0 Å². The molecule has 0 saturated carbocycles. The Balaban J connectivity index is 1.88. The van der Waals surface area contributed by atoms with Gasteiger partial charge in [-0.05, 0) is 6.42 Å². The Hall–Kier alpha value is -0.730. The number of aliphatic hydroxyl groups is 3. The Labute approximate surface area is 233 Å². The van der Waals surface area contributed by atoms with E-state index in [0.717, 1.165) is 19.3 Å². The van der Waals surface area contributed by atoms with Crippen molar-refractivity contribution in [3.8, 4) is 0 Å². The summed E-state index contributed by atoms with van der Waals surface area (Å²) < 4.78 is 16.0. The van der Waals surface area contributed by atoms with Crippen LogP contribution in [0.2, 0.25) is 0 Å². The first-order chi connectivity index (χ1) is 18.6. The molecule has 0 amide bonds. The molecule has 1 aliphatic heterocycles. The predicted octanol–water partition coefficient (Wildman–Crippen LogP) is 6.59. The van der Waals surface area contributed by atoms with Gasteiger partial charge in [0.25, 0.3) is 0 Å². The fraction of sp³-hybridized carbons (Fsp3) is 0.968. The molecule has 0 spiro atoms. The van der Waals surface area contributed by atoms with E-state index in [0.29, 0.717) is 13.2 Å². The summed E-state index contributed by atoms with van der Waals surface area (Å²) >= 11 is 0. The minimum Gasteiger partial charge on any atom is -0.454 e. The van der Waals surface area contributed by atoms with Gasteiger partial charge in [-0.15, -0.1) is 0 Å². The molecule has 0 aromatic rings. The van der Waals surface area contributed by atoms with Gasteiger partial charge in [0.15, 0.2) is 12.4 Å². The first kappa shape index (κ1) is 35.3. The maximum atomic E-state index is 12.2. The van der Waals surface area contributed by atoms with Crippen LogP contribution in [0.5, 0.6) is 0 Å². The molecule has 1 saturated heterocycles. The van der Waals surface area contributed by atoms with Gasteiger partial charge in [0.05, 0.1) is 19.8 Å². The summed E-state index contributed by atoms with van der Waals surface area (Å²) in [5, 5.41) is 29.0. The molecule has 0 aromatic carbocycles. The van der Waals surface area contributed by atoms with E-state index in [1.165, 1.54) is 116 Å². The van der Waals surface area contributed by atoms with Crippen LogP contribution in [0.15, 0.2) is 0 Å². The van der Waals surface area contributed by atoms with Gasteiger partial charge < -0.3 is 29.5 Å². The van der Waals surface area contributed by atoms with Crippen LogP contribution in [0.25, 0.3) is 0 Å². The zero-order valence-corrected chi connectivity index (χ0v) is 24.5. The summed E-state index contributed by atoms with van der Waals surface area (Å²) in [6, 6.07) is 0. The molecular formula is C31H60O7. The van der Waals surface area contributed by atoms with Gasteiger partial charge in [0, 0.05) is 6.42 Å². The third-order valence-corrected chi connectivity index (χ3v) is 7.59. The van der Waals surface area contributed by atoms with Crippen LogP contribution in [0.3, 0.4) is 0 Å². The molecule has 1 rings (SSSR count). The lowest BCUT2D eigenvalue weighted by Gasteiger charge is -2.29. The Morgan fingerprint density at radius 3 is 1.42 bits per heavy atom. The first-order valence-corrected chi connectivity index (χ1v) is 16.0. The number of carbonyl (C=O) groups excluding carboxylic acids is 1. The van der Waals surface area contributed by atoms with Crippen molar-refractivity contribution in [2.75, 3.05) is 19.8 Å². The second-order valence-corrected chi connectivity index (χ2v) is 11.1. The molecule has 38 heavy (non-hydrogen) atoms. The number of unbranched alkanes of at least 4 members (excludes halogenated alkanes) is 20. The van der Waals surface area contributed by atoms with Crippen LogP contribution >= 0.6 is 0 Å². The number of esters is 1. The minimum absolute atomic E-state index is 0.254. The molecule has 226 valence electrons. The molecule has 0 aromatic heterocycles. The average Bonchev–Trinajstić information content (AvgIpc) is 3.46. The van der Waals surface area contributed by atoms with Crippen LogP contribution in [0.4, 0.5) is 0 Å². The maximum Gasteiger partial charge on any atom is 0.306 e. The van der Waals surface area contributed by atoms with Gasteiger partial charge in [-0.3, -0.25) is 4.79 Å². The number of carbonyl (C=O) groups is 1. The van der Waals surface area contributed by atoms with Gasteiger partial charge in [-0.25, -0.2) is 0 Å². The summed E-state index contributed by atoms with van der Waals surface area (Å²) in [7, 11) is 0. The standard InChI is InChI=1S/C31H60O7/c1-2-3-4-5-6-7-8-9-10-11-12-13-14-15-16-17-18-19-20-21-22-23-28(34)38-30(29(35)27(33)26-32)31-36-24-25-37-31/h27,29-33,35H,2-26H2,1H3/t27-,29+,30-/m1/s1. The molecule has 3 N–H and O–H groups in total. The van der Waals surface area contributed by atoms with Crippen molar-refractivity contribution in [2.24, 2.45) is 0 Å². The van der Waals surface area contributed by atoms with E-state index in [4.69, 9.17) is 19.3 Å². The highest BCUT2D eigenvalue weighted by atomic mass is 16.7. The summed E-state index contributed by atoms with van der Waals surface area (Å²) in [5.74, 6) is -0.448. The molecule has 7 heteroatoms. The zero-order chi connectivity index (χ0) is 27.7.